The standard InChI is InChI=1S/C19H21FN2O4S/c20-16-8-6-14(7-9-16)18(22-10-1-2-11-22)13-21-27(25,26)17-5-3-4-15(12-17)19(23)24/h3-9,12,18,21H,1-2,10-11,13H2,(H,23,24). The predicted molar refractivity (Wildman–Crippen MR) is 98.5 cm³/mol. The number of hydrogen-bond donors (Lipinski definition) is 2. The van der Waals surface area contributed by atoms with Gasteiger partial charge in [0.1, 0.15) is 5.82 Å². The Morgan fingerprint density at radius 1 is 1.15 bits per heavy atom. The zero-order chi connectivity index (χ0) is 19.4. The van der Waals surface area contributed by atoms with Crippen LogP contribution in [-0.2, 0) is 10.0 Å². The number of benzene rings is 2. The van der Waals surface area contributed by atoms with Crippen molar-refractivity contribution in [2.75, 3.05) is 19.6 Å². The Kier molecular flexibility index (Phi) is 5.88. The molecule has 1 unspecified atom stereocenters. The summed E-state index contributed by atoms with van der Waals surface area (Å²) in [6, 6.07) is 11.1. The summed E-state index contributed by atoms with van der Waals surface area (Å²) in [5.41, 5.74) is 0.743. The van der Waals surface area contributed by atoms with Gasteiger partial charge in [0.05, 0.1) is 10.5 Å². The molecule has 3 rings (SSSR count). The monoisotopic (exact) mass is 392 g/mol. The summed E-state index contributed by atoms with van der Waals surface area (Å²) in [5.74, 6) is -1.53. The van der Waals surface area contributed by atoms with Crippen molar-refractivity contribution in [2.24, 2.45) is 0 Å². The Labute approximate surface area is 157 Å². The van der Waals surface area contributed by atoms with Crippen molar-refractivity contribution in [3.8, 4) is 0 Å². The average molecular weight is 392 g/mol. The number of carboxylic acids is 1. The van der Waals surface area contributed by atoms with E-state index < -0.39 is 16.0 Å². The minimum atomic E-state index is -3.87. The molecule has 0 amide bonds. The molecular formula is C19H21FN2O4S. The third-order valence-corrected chi connectivity index (χ3v) is 6.12. The largest absolute Gasteiger partial charge is 0.478 e. The molecule has 0 aliphatic carbocycles. The van der Waals surface area contributed by atoms with Crippen molar-refractivity contribution in [1.82, 2.24) is 9.62 Å². The zero-order valence-corrected chi connectivity index (χ0v) is 15.5. The van der Waals surface area contributed by atoms with Gasteiger partial charge in [-0.3, -0.25) is 4.90 Å². The second-order valence-electron chi connectivity index (χ2n) is 6.50. The fraction of sp³-hybridized carbons (Fsp3) is 0.316. The van der Waals surface area contributed by atoms with E-state index in [9.17, 15) is 17.6 Å². The molecule has 1 fully saturated rings. The number of nitrogens with one attached hydrogen (secondary N) is 1. The lowest BCUT2D eigenvalue weighted by Gasteiger charge is -2.28. The van der Waals surface area contributed by atoms with Crippen LogP contribution in [0.4, 0.5) is 4.39 Å². The summed E-state index contributed by atoms with van der Waals surface area (Å²) in [7, 11) is -3.87. The van der Waals surface area contributed by atoms with Crippen LogP contribution in [0.1, 0.15) is 34.8 Å². The molecule has 1 saturated heterocycles. The van der Waals surface area contributed by atoms with E-state index in [4.69, 9.17) is 5.11 Å². The van der Waals surface area contributed by atoms with Crippen molar-refractivity contribution in [3.05, 3.63) is 65.5 Å². The van der Waals surface area contributed by atoms with Gasteiger partial charge in [-0.05, 0) is 61.8 Å². The van der Waals surface area contributed by atoms with Crippen molar-refractivity contribution >= 4 is 16.0 Å². The average Bonchev–Trinajstić information content (AvgIpc) is 3.18. The number of halogens is 1. The first-order valence-electron chi connectivity index (χ1n) is 8.69. The fourth-order valence-corrected chi connectivity index (χ4v) is 4.35. The van der Waals surface area contributed by atoms with Crippen molar-refractivity contribution in [1.29, 1.82) is 0 Å². The van der Waals surface area contributed by atoms with Crippen LogP contribution in [0.5, 0.6) is 0 Å². The second kappa shape index (κ2) is 8.16. The van der Waals surface area contributed by atoms with E-state index in [2.05, 4.69) is 9.62 Å². The number of carbonyl (C=O) groups is 1. The number of nitrogens with zero attached hydrogens (tertiary/aromatic N) is 1. The zero-order valence-electron chi connectivity index (χ0n) is 14.6. The number of rotatable bonds is 7. The normalized spacial score (nSPS) is 16.3. The summed E-state index contributed by atoms with van der Waals surface area (Å²) in [4.78, 5) is 13.2. The SMILES string of the molecule is O=C(O)c1cccc(S(=O)(=O)NCC(c2ccc(F)cc2)N2CCCC2)c1. The van der Waals surface area contributed by atoms with E-state index in [0.717, 1.165) is 37.6 Å². The first-order valence-corrected chi connectivity index (χ1v) is 10.2. The summed E-state index contributed by atoms with van der Waals surface area (Å²) >= 11 is 0. The first kappa shape index (κ1) is 19.5. The van der Waals surface area contributed by atoms with E-state index in [1.807, 2.05) is 0 Å². The predicted octanol–water partition coefficient (Wildman–Crippen LogP) is 2.64. The highest BCUT2D eigenvalue weighted by atomic mass is 32.2. The van der Waals surface area contributed by atoms with Crippen LogP contribution in [0.25, 0.3) is 0 Å². The Hall–Kier alpha value is -2.29. The van der Waals surface area contributed by atoms with Crippen LogP contribution in [0.3, 0.4) is 0 Å². The van der Waals surface area contributed by atoms with Crippen molar-refractivity contribution in [2.45, 2.75) is 23.8 Å². The Morgan fingerprint density at radius 3 is 2.44 bits per heavy atom. The summed E-state index contributed by atoms with van der Waals surface area (Å²) in [6.45, 7) is 1.81. The van der Waals surface area contributed by atoms with Gasteiger partial charge in [-0.1, -0.05) is 18.2 Å². The van der Waals surface area contributed by atoms with Crippen LogP contribution in [-0.4, -0.2) is 44.0 Å². The third-order valence-electron chi connectivity index (χ3n) is 4.69. The van der Waals surface area contributed by atoms with E-state index in [-0.39, 0.29) is 28.9 Å². The lowest BCUT2D eigenvalue weighted by atomic mass is 10.1. The van der Waals surface area contributed by atoms with Crippen LogP contribution < -0.4 is 4.72 Å². The van der Waals surface area contributed by atoms with E-state index in [1.165, 1.54) is 30.3 Å². The fourth-order valence-electron chi connectivity index (χ4n) is 3.26. The third kappa shape index (κ3) is 4.71. The first-order chi connectivity index (χ1) is 12.9. The molecule has 0 radical (unpaired) electrons. The van der Waals surface area contributed by atoms with Gasteiger partial charge in [0.15, 0.2) is 0 Å². The molecule has 2 N–H and O–H groups in total. The molecule has 1 atom stereocenters. The quantitative estimate of drug-likeness (QED) is 0.757. The highest BCUT2D eigenvalue weighted by Crippen LogP contribution is 2.25. The maximum atomic E-state index is 13.3. The van der Waals surface area contributed by atoms with Gasteiger partial charge in [0.25, 0.3) is 0 Å². The van der Waals surface area contributed by atoms with Crippen molar-refractivity contribution in [3.63, 3.8) is 0 Å². The van der Waals surface area contributed by atoms with E-state index in [1.54, 1.807) is 12.1 Å². The van der Waals surface area contributed by atoms with Crippen LogP contribution in [0, 0.1) is 5.82 Å². The molecule has 6 nitrogen and oxygen atoms in total. The maximum absolute atomic E-state index is 13.3. The van der Waals surface area contributed by atoms with E-state index >= 15 is 0 Å². The molecule has 1 aliphatic rings. The molecule has 0 bridgehead atoms. The Balaban J connectivity index is 1.80. The highest BCUT2D eigenvalue weighted by molar-refractivity contribution is 7.89. The smallest absolute Gasteiger partial charge is 0.335 e. The number of carboxylic acid groups (broad SMARTS) is 1. The second-order valence-corrected chi connectivity index (χ2v) is 8.26. The van der Waals surface area contributed by atoms with Gasteiger partial charge in [0, 0.05) is 12.6 Å². The summed E-state index contributed by atoms with van der Waals surface area (Å²) < 4.78 is 41.1. The van der Waals surface area contributed by atoms with Gasteiger partial charge in [0.2, 0.25) is 10.0 Å². The molecule has 0 saturated carbocycles. The molecule has 0 spiro atoms. The van der Waals surface area contributed by atoms with Crippen LogP contribution in [0.15, 0.2) is 53.4 Å². The molecule has 2 aromatic carbocycles. The van der Waals surface area contributed by atoms with Gasteiger partial charge < -0.3 is 5.11 Å². The van der Waals surface area contributed by atoms with Gasteiger partial charge >= 0.3 is 5.97 Å². The number of aromatic carboxylic acids is 1. The molecule has 27 heavy (non-hydrogen) atoms. The van der Waals surface area contributed by atoms with Crippen molar-refractivity contribution < 1.29 is 22.7 Å². The van der Waals surface area contributed by atoms with Gasteiger partial charge in [-0.25, -0.2) is 22.3 Å². The topological polar surface area (TPSA) is 86.7 Å². The van der Waals surface area contributed by atoms with Crippen LogP contribution >= 0.6 is 0 Å². The number of hydrogen-bond acceptors (Lipinski definition) is 4. The van der Waals surface area contributed by atoms with Crippen LogP contribution in [0.2, 0.25) is 0 Å². The summed E-state index contributed by atoms with van der Waals surface area (Å²) in [6.07, 6.45) is 2.07. The minimum Gasteiger partial charge on any atom is -0.478 e. The summed E-state index contributed by atoms with van der Waals surface area (Å²) in [5, 5.41) is 9.06. The molecule has 1 heterocycles. The lowest BCUT2D eigenvalue weighted by Crippen LogP contribution is -2.36. The molecular weight excluding hydrogens is 371 g/mol. The molecule has 2 aromatic rings. The number of sulfonamides is 1. The Morgan fingerprint density at radius 2 is 1.81 bits per heavy atom. The number of likely N-dealkylation sites (tertiary alicyclic amines) is 1. The molecule has 8 heteroatoms. The molecule has 1 aliphatic heterocycles. The Bertz CT molecular complexity index is 910. The van der Waals surface area contributed by atoms with E-state index in [0.29, 0.717) is 0 Å². The molecule has 0 aromatic heterocycles. The highest BCUT2D eigenvalue weighted by Gasteiger charge is 2.26. The molecule has 144 valence electrons. The maximum Gasteiger partial charge on any atom is 0.335 e. The van der Waals surface area contributed by atoms with Gasteiger partial charge in [-0.15, -0.1) is 0 Å². The minimum absolute atomic E-state index is 0.0903. The van der Waals surface area contributed by atoms with Gasteiger partial charge in [-0.2, -0.15) is 0 Å². The lowest BCUT2D eigenvalue weighted by molar-refractivity contribution is 0.0696.